The van der Waals surface area contributed by atoms with E-state index in [9.17, 15) is 13.2 Å². The molecule has 0 fully saturated rings. The molecule has 4 nitrogen and oxygen atoms in total. The van der Waals surface area contributed by atoms with E-state index >= 15 is 0 Å². The number of hydrogen-bond acceptors (Lipinski definition) is 4. The van der Waals surface area contributed by atoms with Gasteiger partial charge in [-0.15, -0.1) is 13.2 Å². The lowest BCUT2D eigenvalue weighted by Gasteiger charge is -2.13. The van der Waals surface area contributed by atoms with Gasteiger partial charge in [-0.2, -0.15) is 0 Å². The molecule has 0 saturated carbocycles. The summed E-state index contributed by atoms with van der Waals surface area (Å²) in [6.45, 7) is 0.0355. The molecular weight excluding hydrogens is 285 g/mol. The topological polar surface area (TPSA) is 43.4 Å². The standard InChI is InChI=1S/C14H13F3N2O2/c1-18-13-8-4-5-10(19-13)9-20-11-6-2-3-7-12(11)21-14(15,16)17/h2-8H,9H2,1H3,(H,18,19). The molecule has 0 amide bonds. The first kappa shape index (κ1) is 15.0. The Morgan fingerprint density at radius 2 is 1.76 bits per heavy atom. The molecule has 0 radical (unpaired) electrons. The number of alkyl halides is 3. The van der Waals surface area contributed by atoms with E-state index in [2.05, 4.69) is 15.0 Å². The zero-order valence-electron chi connectivity index (χ0n) is 11.1. The van der Waals surface area contributed by atoms with Gasteiger partial charge in [0.2, 0.25) is 0 Å². The van der Waals surface area contributed by atoms with Crippen LogP contribution in [0.4, 0.5) is 19.0 Å². The first-order valence-electron chi connectivity index (χ1n) is 6.09. The second-order valence-electron chi connectivity index (χ2n) is 4.05. The molecule has 21 heavy (non-hydrogen) atoms. The Kier molecular flexibility index (Phi) is 4.52. The smallest absolute Gasteiger partial charge is 0.483 e. The first-order chi connectivity index (χ1) is 9.98. The summed E-state index contributed by atoms with van der Waals surface area (Å²) in [5.41, 5.74) is 0.587. The Bertz CT molecular complexity index is 603. The number of para-hydroxylation sites is 2. The van der Waals surface area contributed by atoms with Crippen molar-refractivity contribution in [1.82, 2.24) is 4.98 Å². The molecule has 1 N–H and O–H groups in total. The van der Waals surface area contributed by atoms with Crippen molar-refractivity contribution >= 4 is 5.82 Å². The molecule has 2 aromatic rings. The molecular formula is C14H13F3N2O2. The van der Waals surface area contributed by atoms with Crippen molar-refractivity contribution in [2.24, 2.45) is 0 Å². The number of nitrogens with zero attached hydrogens (tertiary/aromatic N) is 1. The predicted molar refractivity (Wildman–Crippen MR) is 71.2 cm³/mol. The Morgan fingerprint density at radius 3 is 2.43 bits per heavy atom. The maximum atomic E-state index is 12.3. The van der Waals surface area contributed by atoms with Crippen LogP contribution in [0, 0.1) is 0 Å². The van der Waals surface area contributed by atoms with E-state index in [0.717, 1.165) is 0 Å². The van der Waals surface area contributed by atoms with Gasteiger partial charge in [-0.25, -0.2) is 4.98 Å². The van der Waals surface area contributed by atoms with Crippen molar-refractivity contribution in [3.63, 3.8) is 0 Å². The number of ether oxygens (including phenoxy) is 2. The minimum absolute atomic E-state index is 0.00601. The van der Waals surface area contributed by atoms with Crippen LogP contribution >= 0.6 is 0 Å². The second-order valence-corrected chi connectivity index (χ2v) is 4.05. The zero-order chi connectivity index (χ0) is 15.3. The van der Waals surface area contributed by atoms with E-state index in [1.165, 1.54) is 18.2 Å². The normalized spacial score (nSPS) is 11.0. The zero-order valence-corrected chi connectivity index (χ0v) is 11.1. The SMILES string of the molecule is CNc1cccc(COc2ccccc2OC(F)(F)F)n1. The molecule has 0 aliphatic heterocycles. The highest BCUT2D eigenvalue weighted by Crippen LogP contribution is 2.32. The molecule has 2 rings (SSSR count). The molecule has 1 heterocycles. The summed E-state index contributed by atoms with van der Waals surface area (Å²) >= 11 is 0. The molecule has 112 valence electrons. The fraction of sp³-hybridized carbons (Fsp3) is 0.214. The second kappa shape index (κ2) is 6.34. The third-order valence-electron chi connectivity index (χ3n) is 2.51. The van der Waals surface area contributed by atoms with E-state index < -0.39 is 6.36 Å². The van der Waals surface area contributed by atoms with Crippen LogP contribution in [0.3, 0.4) is 0 Å². The third kappa shape index (κ3) is 4.55. The van der Waals surface area contributed by atoms with E-state index in [1.807, 2.05) is 0 Å². The number of benzene rings is 1. The number of halogens is 3. The van der Waals surface area contributed by atoms with E-state index in [-0.39, 0.29) is 18.1 Å². The van der Waals surface area contributed by atoms with Crippen molar-refractivity contribution in [2.45, 2.75) is 13.0 Å². The van der Waals surface area contributed by atoms with Gasteiger partial charge in [-0.1, -0.05) is 18.2 Å². The van der Waals surface area contributed by atoms with Crippen molar-refractivity contribution in [2.75, 3.05) is 12.4 Å². The third-order valence-corrected chi connectivity index (χ3v) is 2.51. The lowest BCUT2D eigenvalue weighted by Crippen LogP contribution is -2.17. The summed E-state index contributed by atoms with van der Waals surface area (Å²) in [7, 11) is 1.72. The Hall–Kier alpha value is -2.44. The Labute approximate surface area is 119 Å². The van der Waals surface area contributed by atoms with Crippen LogP contribution in [-0.2, 0) is 6.61 Å². The van der Waals surface area contributed by atoms with Crippen LogP contribution in [0.25, 0.3) is 0 Å². The molecule has 0 saturated heterocycles. The van der Waals surface area contributed by atoms with Crippen molar-refractivity contribution < 1.29 is 22.6 Å². The number of rotatable bonds is 5. The molecule has 0 spiro atoms. The number of aromatic nitrogens is 1. The van der Waals surface area contributed by atoms with Gasteiger partial charge < -0.3 is 14.8 Å². The predicted octanol–water partition coefficient (Wildman–Crippen LogP) is 3.60. The van der Waals surface area contributed by atoms with Gasteiger partial charge in [0, 0.05) is 7.05 Å². The minimum Gasteiger partial charge on any atom is -0.483 e. The molecule has 0 aliphatic carbocycles. The fourth-order valence-electron chi connectivity index (χ4n) is 1.63. The lowest BCUT2D eigenvalue weighted by atomic mass is 10.3. The average molecular weight is 298 g/mol. The largest absolute Gasteiger partial charge is 0.573 e. The summed E-state index contributed by atoms with van der Waals surface area (Å²) in [4.78, 5) is 4.21. The molecule has 1 aromatic heterocycles. The summed E-state index contributed by atoms with van der Waals surface area (Å²) in [5, 5.41) is 2.87. The molecule has 0 unspecified atom stereocenters. The highest BCUT2D eigenvalue weighted by molar-refractivity contribution is 5.40. The van der Waals surface area contributed by atoms with E-state index in [1.54, 1.807) is 31.3 Å². The molecule has 0 bridgehead atoms. The van der Waals surface area contributed by atoms with Gasteiger partial charge in [0.05, 0.1) is 5.69 Å². The van der Waals surface area contributed by atoms with E-state index in [0.29, 0.717) is 11.5 Å². The molecule has 0 atom stereocenters. The summed E-state index contributed by atoms with van der Waals surface area (Å²) in [5.74, 6) is 0.275. The highest BCUT2D eigenvalue weighted by atomic mass is 19.4. The first-order valence-corrected chi connectivity index (χ1v) is 6.09. The van der Waals surface area contributed by atoms with Crippen molar-refractivity contribution in [1.29, 1.82) is 0 Å². The van der Waals surface area contributed by atoms with Gasteiger partial charge in [0.15, 0.2) is 11.5 Å². The number of pyridine rings is 1. The number of hydrogen-bond donors (Lipinski definition) is 1. The number of anilines is 1. The van der Waals surface area contributed by atoms with Crippen LogP contribution in [0.5, 0.6) is 11.5 Å². The van der Waals surface area contributed by atoms with Crippen LogP contribution in [-0.4, -0.2) is 18.4 Å². The van der Waals surface area contributed by atoms with Crippen LogP contribution in [0.1, 0.15) is 5.69 Å². The fourth-order valence-corrected chi connectivity index (χ4v) is 1.63. The summed E-state index contributed by atoms with van der Waals surface area (Å²) in [6, 6.07) is 10.9. The maximum Gasteiger partial charge on any atom is 0.573 e. The van der Waals surface area contributed by atoms with Gasteiger partial charge in [0.25, 0.3) is 0 Å². The monoisotopic (exact) mass is 298 g/mol. The van der Waals surface area contributed by atoms with Gasteiger partial charge >= 0.3 is 6.36 Å². The molecule has 1 aromatic carbocycles. The average Bonchev–Trinajstić information content (AvgIpc) is 2.45. The minimum atomic E-state index is -4.76. The van der Waals surface area contributed by atoms with Gasteiger partial charge in [-0.3, -0.25) is 0 Å². The van der Waals surface area contributed by atoms with Gasteiger partial charge in [-0.05, 0) is 24.3 Å². The van der Waals surface area contributed by atoms with Crippen LogP contribution in [0.2, 0.25) is 0 Å². The summed E-state index contributed by atoms with van der Waals surface area (Å²) in [6.07, 6.45) is -4.76. The van der Waals surface area contributed by atoms with E-state index in [4.69, 9.17) is 4.74 Å². The quantitative estimate of drug-likeness (QED) is 0.916. The Balaban J connectivity index is 2.09. The van der Waals surface area contributed by atoms with Crippen molar-refractivity contribution in [3.05, 3.63) is 48.2 Å². The maximum absolute atomic E-state index is 12.3. The molecule has 7 heteroatoms. The number of nitrogens with one attached hydrogen (secondary N) is 1. The highest BCUT2D eigenvalue weighted by Gasteiger charge is 2.32. The van der Waals surface area contributed by atoms with Crippen LogP contribution < -0.4 is 14.8 Å². The lowest BCUT2D eigenvalue weighted by molar-refractivity contribution is -0.275. The Morgan fingerprint density at radius 1 is 1.05 bits per heavy atom. The van der Waals surface area contributed by atoms with Crippen LogP contribution in [0.15, 0.2) is 42.5 Å². The molecule has 0 aliphatic rings. The summed E-state index contributed by atoms with van der Waals surface area (Å²) < 4.78 is 46.1. The van der Waals surface area contributed by atoms with Gasteiger partial charge in [0.1, 0.15) is 12.4 Å². The van der Waals surface area contributed by atoms with Crippen molar-refractivity contribution in [3.8, 4) is 11.5 Å².